The number of nitrogens with one attached hydrogen (secondary N) is 1. The molecule has 5 rings (SSSR count). The summed E-state index contributed by atoms with van der Waals surface area (Å²) in [6.45, 7) is 2.90. The van der Waals surface area contributed by atoms with E-state index in [1.165, 1.54) is 11.3 Å². The van der Waals surface area contributed by atoms with E-state index in [1.807, 2.05) is 54.6 Å². The average Bonchev–Trinajstić information content (AvgIpc) is 2.87. The minimum atomic E-state index is -0.148. The average molecular weight is 423 g/mol. The van der Waals surface area contributed by atoms with Gasteiger partial charge in [0.2, 0.25) is 5.91 Å². The molecule has 32 heavy (non-hydrogen) atoms. The molecule has 1 saturated heterocycles. The van der Waals surface area contributed by atoms with Crippen LogP contribution in [-0.4, -0.2) is 31.6 Å². The molecule has 2 heterocycles. The van der Waals surface area contributed by atoms with Crippen LogP contribution in [0.3, 0.4) is 0 Å². The second-order valence-electron chi connectivity index (χ2n) is 8.48. The molecule has 0 aliphatic carbocycles. The SMILES string of the molecule is N#Cc1ccccc1N1CCN2c3ccccc3CC(C(=O)NCc3ccccc3)C2C1. The predicted octanol–water partition coefficient (Wildman–Crippen LogP) is 3.74. The molecular formula is C27H26N4O. The molecular weight excluding hydrogens is 396 g/mol. The number of rotatable bonds is 4. The zero-order valence-corrected chi connectivity index (χ0v) is 17.9. The maximum atomic E-state index is 13.4. The molecule has 0 bridgehead atoms. The lowest BCUT2D eigenvalue weighted by Crippen LogP contribution is -2.61. The van der Waals surface area contributed by atoms with Crippen LogP contribution in [0, 0.1) is 17.2 Å². The van der Waals surface area contributed by atoms with E-state index in [1.54, 1.807) is 0 Å². The molecule has 160 valence electrons. The van der Waals surface area contributed by atoms with E-state index in [0.29, 0.717) is 12.1 Å². The third kappa shape index (κ3) is 3.80. The molecule has 0 aromatic heterocycles. The monoisotopic (exact) mass is 422 g/mol. The molecule has 5 heteroatoms. The van der Waals surface area contributed by atoms with Gasteiger partial charge in [0.1, 0.15) is 6.07 Å². The van der Waals surface area contributed by atoms with Crippen molar-refractivity contribution in [2.24, 2.45) is 5.92 Å². The van der Waals surface area contributed by atoms with Gasteiger partial charge in [0.15, 0.2) is 0 Å². The van der Waals surface area contributed by atoms with E-state index in [-0.39, 0.29) is 17.9 Å². The fourth-order valence-electron chi connectivity index (χ4n) is 5.04. The number of nitriles is 1. The van der Waals surface area contributed by atoms with Crippen LogP contribution in [0.5, 0.6) is 0 Å². The molecule has 1 amide bonds. The molecule has 1 N–H and O–H groups in total. The van der Waals surface area contributed by atoms with Gasteiger partial charge < -0.3 is 15.1 Å². The van der Waals surface area contributed by atoms with Gasteiger partial charge in [-0.15, -0.1) is 0 Å². The van der Waals surface area contributed by atoms with E-state index >= 15 is 0 Å². The summed E-state index contributed by atoms with van der Waals surface area (Å²) in [5, 5.41) is 12.8. The molecule has 2 atom stereocenters. The molecule has 2 unspecified atom stereocenters. The van der Waals surface area contributed by atoms with Crippen LogP contribution in [0.25, 0.3) is 0 Å². The summed E-state index contributed by atoms with van der Waals surface area (Å²) in [4.78, 5) is 18.1. The summed E-state index contributed by atoms with van der Waals surface area (Å²) >= 11 is 0. The van der Waals surface area contributed by atoms with Crippen molar-refractivity contribution in [2.75, 3.05) is 29.4 Å². The molecule has 0 saturated carbocycles. The Morgan fingerprint density at radius 3 is 2.47 bits per heavy atom. The van der Waals surface area contributed by atoms with Crippen LogP contribution >= 0.6 is 0 Å². The Labute approximate surface area is 188 Å². The minimum Gasteiger partial charge on any atom is -0.367 e. The Kier molecular flexibility index (Phi) is 5.51. The van der Waals surface area contributed by atoms with Crippen molar-refractivity contribution in [2.45, 2.75) is 19.0 Å². The summed E-state index contributed by atoms with van der Waals surface area (Å²) in [7, 11) is 0. The van der Waals surface area contributed by atoms with E-state index in [9.17, 15) is 10.1 Å². The van der Waals surface area contributed by atoms with Gasteiger partial charge in [-0.25, -0.2) is 0 Å². The summed E-state index contributed by atoms with van der Waals surface area (Å²) in [5.41, 5.74) is 5.20. The predicted molar refractivity (Wildman–Crippen MR) is 126 cm³/mol. The van der Waals surface area contributed by atoms with Crippen molar-refractivity contribution in [3.05, 3.63) is 95.6 Å². The van der Waals surface area contributed by atoms with Crippen molar-refractivity contribution in [1.29, 1.82) is 5.26 Å². The van der Waals surface area contributed by atoms with Crippen molar-refractivity contribution in [3.63, 3.8) is 0 Å². The van der Waals surface area contributed by atoms with Gasteiger partial charge in [-0.2, -0.15) is 5.26 Å². The number of carbonyl (C=O) groups is 1. The fraction of sp³-hybridized carbons (Fsp3) is 0.259. The molecule has 1 fully saturated rings. The maximum Gasteiger partial charge on any atom is 0.225 e. The fourth-order valence-corrected chi connectivity index (χ4v) is 5.04. The second kappa shape index (κ2) is 8.76. The second-order valence-corrected chi connectivity index (χ2v) is 8.48. The van der Waals surface area contributed by atoms with Gasteiger partial charge in [-0.3, -0.25) is 4.79 Å². The number of hydrogen-bond donors (Lipinski definition) is 1. The first-order chi connectivity index (χ1) is 15.7. The Morgan fingerprint density at radius 2 is 1.66 bits per heavy atom. The number of amides is 1. The van der Waals surface area contributed by atoms with Crippen LogP contribution in [0.4, 0.5) is 11.4 Å². The van der Waals surface area contributed by atoms with Gasteiger partial charge in [0, 0.05) is 31.9 Å². The van der Waals surface area contributed by atoms with E-state index < -0.39 is 0 Å². The summed E-state index contributed by atoms with van der Waals surface area (Å²) in [6, 6.07) is 28.6. The van der Waals surface area contributed by atoms with E-state index in [2.05, 4.69) is 45.5 Å². The standard InChI is InChI=1S/C27H26N4O/c28-17-22-11-5-6-12-24(22)30-14-15-31-25-13-7-4-10-21(25)16-23(26(31)19-30)27(32)29-18-20-8-2-1-3-9-20/h1-13,23,26H,14-16,18-19H2,(H,29,32). The van der Waals surface area contributed by atoms with Gasteiger partial charge >= 0.3 is 0 Å². The minimum absolute atomic E-state index is 0.0566. The molecule has 3 aromatic carbocycles. The highest BCUT2D eigenvalue weighted by Crippen LogP contribution is 2.37. The quantitative estimate of drug-likeness (QED) is 0.696. The zero-order valence-electron chi connectivity index (χ0n) is 17.9. The topological polar surface area (TPSA) is 59.4 Å². The summed E-state index contributed by atoms with van der Waals surface area (Å²) < 4.78 is 0. The first-order valence-electron chi connectivity index (χ1n) is 11.1. The highest BCUT2D eigenvalue weighted by molar-refractivity contribution is 5.82. The van der Waals surface area contributed by atoms with E-state index in [0.717, 1.165) is 37.3 Å². The van der Waals surface area contributed by atoms with Gasteiger partial charge in [0.25, 0.3) is 0 Å². The molecule has 2 aliphatic rings. The highest BCUT2D eigenvalue weighted by Gasteiger charge is 2.41. The first-order valence-corrected chi connectivity index (χ1v) is 11.1. The van der Waals surface area contributed by atoms with E-state index in [4.69, 9.17) is 0 Å². The van der Waals surface area contributed by atoms with Crippen molar-refractivity contribution in [1.82, 2.24) is 5.32 Å². The van der Waals surface area contributed by atoms with Crippen LogP contribution in [-0.2, 0) is 17.8 Å². The Hall–Kier alpha value is -3.78. The van der Waals surface area contributed by atoms with Crippen LogP contribution in [0.2, 0.25) is 0 Å². The van der Waals surface area contributed by atoms with Gasteiger partial charge in [0.05, 0.1) is 23.2 Å². The van der Waals surface area contributed by atoms with Crippen molar-refractivity contribution in [3.8, 4) is 6.07 Å². The number of hydrogen-bond acceptors (Lipinski definition) is 4. The normalized spacial score (nSPS) is 19.5. The largest absolute Gasteiger partial charge is 0.367 e. The lowest BCUT2D eigenvalue weighted by molar-refractivity contribution is -0.126. The number of nitrogens with zero attached hydrogens (tertiary/aromatic N) is 3. The molecule has 0 spiro atoms. The van der Waals surface area contributed by atoms with Gasteiger partial charge in [-0.05, 0) is 35.7 Å². The first kappa shape index (κ1) is 20.1. The summed E-state index contributed by atoms with van der Waals surface area (Å²) in [5.74, 6) is -0.0561. The number of para-hydroxylation sites is 2. The zero-order chi connectivity index (χ0) is 21.9. The number of fused-ring (bicyclic) bond motifs is 3. The lowest BCUT2D eigenvalue weighted by Gasteiger charge is -2.49. The third-order valence-corrected chi connectivity index (χ3v) is 6.64. The summed E-state index contributed by atoms with van der Waals surface area (Å²) in [6.07, 6.45) is 0.728. The van der Waals surface area contributed by atoms with Gasteiger partial charge in [-0.1, -0.05) is 60.7 Å². The maximum absolute atomic E-state index is 13.4. The van der Waals surface area contributed by atoms with Crippen LogP contribution < -0.4 is 15.1 Å². The van der Waals surface area contributed by atoms with Crippen LogP contribution in [0.1, 0.15) is 16.7 Å². The number of benzene rings is 3. The van der Waals surface area contributed by atoms with Crippen molar-refractivity contribution >= 4 is 17.3 Å². The lowest BCUT2D eigenvalue weighted by atomic mass is 9.83. The molecule has 5 nitrogen and oxygen atoms in total. The number of anilines is 2. The Bertz CT molecular complexity index is 1150. The number of piperazine rings is 1. The smallest absolute Gasteiger partial charge is 0.225 e. The highest BCUT2D eigenvalue weighted by atomic mass is 16.1. The van der Waals surface area contributed by atoms with Crippen LogP contribution in [0.15, 0.2) is 78.9 Å². The Morgan fingerprint density at radius 1 is 0.938 bits per heavy atom. The molecule has 3 aromatic rings. The Balaban J connectivity index is 1.42. The van der Waals surface area contributed by atoms with Crippen molar-refractivity contribution < 1.29 is 4.79 Å². The third-order valence-electron chi connectivity index (χ3n) is 6.64. The number of carbonyl (C=O) groups excluding carboxylic acids is 1. The molecule has 0 radical (unpaired) electrons. The molecule has 2 aliphatic heterocycles.